The van der Waals surface area contributed by atoms with Crippen molar-refractivity contribution in [3.63, 3.8) is 0 Å². The number of fused-ring (bicyclic) bond motifs is 2. The molecule has 3 nitrogen and oxygen atoms in total. The van der Waals surface area contributed by atoms with Crippen LogP contribution < -0.4 is 4.74 Å². The predicted octanol–water partition coefficient (Wildman–Crippen LogP) is 7.02. The summed E-state index contributed by atoms with van der Waals surface area (Å²) in [6, 6.07) is 21.4. The Morgan fingerprint density at radius 3 is 2.64 bits per heavy atom. The van der Waals surface area contributed by atoms with Crippen LogP contribution in [-0.4, -0.2) is 24.9 Å². The molecular weight excluding hydrogens is 496 g/mol. The van der Waals surface area contributed by atoms with Gasteiger partial charge in [-0.05, 0) is 90.4 Å². The molecule has 0 bridgehead atoms. The van der Waals surface area contributed by atoms with E-state index in [0.717, 1.165) is 28.6 Å². The zero-order valence-corrected chi connectivity index (χ0v) is 21.3. The second kappa shape index (κ2) is 11.1. The minimum Gasteiger partial charge on any atom is -0.482 e. The van der Waals surface area contributed by atoms with Crippen LogP contribution in [0.3, 0.4) is 0 Å². The normalized spacial score (nSPS) is 13.7. The summed E-state index contributed by atoms with van der Waals surface area (Å²) < 4.78 is 11.7. The molecule has 3 aromatic rings. The van der Waals surface area contributed by atoms with Gasteiger partial charge in [0.2, 0.25) is 0 Å². The lowest BCUT2D eigenvalue weighted by Crippen LogP contribution is -2.14. The molecule has 0 radical (unpaired) electrons. The molecule has 0 spiro atoms. The average molecular weight is 523 g/mol. The van der Waals surface area contributed by atoms with Gasteiger partial charge in [0.25, 0.3) is 0 Å². The molecule has 0 unspecified atom stereocenters. The van der Waals surface area contributed by atoms with E-state index in [1.165, 1.54) is 32.7 Å². The van der Waals surface area contributed by atoms with E-state index in [9.17, 15) is 4.79 Å². The summed E-state index contributed by atoms with van der Waals surface area (Å²) in [7, 11) is 0. The summed E-state index contributed by atoms with van der Waals surface area (Å²) in [4.78, 5) is 12.7. The van der Waals surface area contributed by atoms with Crippen molar-refractivity contribution in [2.24, 2.45) is 0 Å². The number of thioether (sulfide) groups is 1. The van der Waals surface area contributed by atoms with Crippen molar-refractivity contribution in [2.45, 2.75) is 31.6 Å². The monoisotopic (exact) mass is 522 g/mol. The van der Waals surface area contributed by atoms with Crippen LogP contribution in [0.2, 0.25) is 0 Å². The van der Waals surface area contributed by atoms with Gasteiger partial charge in [-0.3, -0.25) is 0 Å². The summed E-state index contributed by atoms with van der Waals surface area (Å²) in [6.45, 7) is 4.08. The van der Waals surface area contributed by atoms with E-state index in [1.807, 2.05) is 19.1 Å². The number of halogens is 1. The summed E-state index contributed by atoms with van der Waals surface area (Å²) in [5.74, 6) is 1.22. The predicted molar refractivity (Wildman–Crippen MR) is 139 cm³/mol. The minimum atomic E-state index is -0.349. The van der Waals surface area contributed by atoms with Crippen molar-refractivity contribution in [1.29, 1.82) is 0 Å². The Morgan fingerprint density at radius 1 is 1.03 bits per heavy atom. The highest BCUT2D eigenvalue weighted by molar-refractivity contribution is 9.10. The molecule has 0 atom stereocenters. The number of aryl methyl sites for hydroxylation is 3. The lowest BCUT2D eigenvalue weighted by atomic mass is 9.94. The van der Waals surface area contributed by atoms with Crippen molar-refractivity contribution in [1.82, 2.24) is 0 Å². The third-order valence-corrected chi connectivity index (χ3v) is 7.08. The standard InChI is InChI=1S/C28H27BrO3S/c1-3-31-28(30)18-32-27-13-11-23(16-19(27)2)33-15-14-26-24-7-5-4-6-20(24)8-9-21-17-22(29)10-12-25(21)26/h4-7,10-14,16-17H,3,8-9,15,18H2,1-2H3. The summed E-state index contributed by atoms with van der Waals surface area (Å²) in [5.41, 5.74) is 7.76. The number of esters is 1. The largest absolute Gasteiger partial charge is 0.482 e. The highest BCUT2D eigenvalue weighted by Crippen LogP contribution is 2.35. The van der Waals surface area contributed by atoms with Crippen LogP contribution in [0.1, 0.15) is 34.7 Å². The fourth-order valence-electron chi connectivity index (χ4n) is 4.10. The maximum Gasteiger partial charge on any atom is 0.344 e. The van der Waals surface area contributed by atoms with Gasteiger partial charge in [-0.1, -0.05) is 52.3 Å². The van der Waals surface area contributed by atoms with E-state index < -0.39 is 0 Å². The quantitative estimate of drug-likeness (QED) is 0.246. The second-order valence-corrected chi connectivity index (χ2v) is 9.92. The number of carbonyl (C=O) groups is 1. The number of rotatable bonds is 7. The van der Waals surface area contributed by atoms with E-state index in [2.05, 4.69) is 70.5 Å². The van der Waals surface area contributed by atoms with Gasteiger partial charge in [0.05, 0.1) is 6.61 Å². The number of carbonyl (C=O) groups excluding carboxylic acids is 1. The number of ether oxygens (including phenoxy) is 2. The zero-order chi connectivity index (χ0) is 23.2. The van der Waals surface area contributed by atoms with Crippen LogP contribution in [0.25, 0.3) is 5.57 Å². The molecule has 33 heavy (non-hydrogen) atoms. The van der Waals surface area contributed by atoms with Gasteiger partial charge in [-0.2, -0.15) is 0 Å². The highest BCUT2D eigenvalue weighted by Gasteiger charge is 2.18. The fourth-order valence-corrected chi connectivity index (χ4v) is 5.38. The van der Waals surface area contributed by atoms with Gasteiger partial charge in [0.1, 0.15) is 5.75 Å². The lowest BCUT2D eigenvalue weighted by molar-refractivity contribution is -0.145. The Bertz CT molecular complexity index is 1190. The Hall–Kier alpha value is -2.50. The molecule has 5 heteroatoms. The smallest absolute Gasteiger partial charge is 0.344 e. The third kappa shape index (κ3) is 5.90. The molecule has 170 valence electrons. The molecule has 0 saturated heterocycles. The van der Waals surface area contributed by atoms with Crippen LogP contribution in [0.15, 0.2) is 76.1 Å². The maximum atomic E-state index is 11.5. The van der Waals surface area contributed by atoms with Crippen molar-refractivity contribution < 1.29 is 14.3 Å². The topological polar surface area (TPSA) is 35.5 Å². The first-order valence-electron chi connectivity index (χ1n) is 11.1. The molecule has 0 fully saturated rings. The van der Waals surface area contributed by atoms with Gasteiger partial charge in [0.15, 0.2) is 6.61 Å². The van der Waals surface area contributed by atoms with Crippen molar-refractivity contribution >= 4 is 39.2 Å². The van der Waals surface area contributed by atoms with E-state index >= 15 is 0 Å². The Balaban J connectivity index is 1.51. The molecule has 0 aliphatic heterocycles. The molecule has 3 aromatic carbocycles. The Morgan fingerprint density at radius 2 is 1.82 bits per heavy atom. The fraction of sp³-hybridized carbons (Fsp3) is 0.250. The molecule has 1 aliphatic carbocycles. The first-order chi connectivity index (χ1) is 16.0. The van der Waals surface area contributed by atoms with Crippen LogP contribution in [0.4, 0.5) is 0 Å². The summed E-state index contributed by atoms with van der Waals surface area (Å²) in [6.07, 6.45) is 4.45. The molecule has 4 rings (SSSR count). The van der Waals surface area contributed by atoms with E-state index in [0.29, 0.717) is 12.4 Å². The molecule has 1 aliphatic rings. The van der Waals surface area contributed by atoms with Crippen LogP contribution in [0, 0.1) is 6.92 Å². The second-order valence-electron chi connectivity index (χ2n) is 7.91. The number of hydrogen-bond acceptors (Lipinski definition) is 4. The molecular formula is C28H27BrO3S. The SMILES string of the molecule is CCOC(=O)COc1ccc(SCC=C2c3ccccc3CCc3cc(Br)ccc32)cc1C. The maximum absolute atomic E-state index is 11.5. The summed E-state index contributed by atoms with van der Waals surface area (Å²) in [5, 5.41) is 0. The van der Waals surface area contributed by atoms with E-state index in [1.54, 1.807) is 18.7 Å². The molecule has 0 saturated carbocycles. The van der Waals surface area contributed by atoms with Crippen molar-refractivity contribution in [3.8, 4) is 5.75 Å². The van der Waals surface area contributed by atoms with Crippen LogP contribution in [-0.2, 0) is 22.4 Å². The van der Waals surface area contributed by atoms with Gasteiger partial charge >= 0.3 is 5.97 Å². The molecule has 0 N–H and O–H groups in total. The third-order valence-electron chi connectivity index (χ3n) is 5.66. The summed E-state index contributed by atoms with van der Waals surface area (Å²) >= 11 is 5.43. The average Bonchev–Trinajstić information content (AvgIpc) is 2.95. The number of hydrogen-bond donors (Lipinski definition) is 0. The van der Waals surface area contributed by atoms with Gasteiger partial charge in [-0.25, -0.2) is 4.79 Å². The minimum absolute atomic E-state index is 0.0673. The number of benzene rings is 3. The van der Waals surface area contributed by atoms with Gasteiger partial charge in [0, 0.05) is 15.1 Å². The molecule has 0 aromatic heterocycles. The lowest BCUT2D eigenvalue weighted by Gasteiger charge is -2.13. The first-order valence-corrected chi connectivity index (χ1v) is 12.9. The van der Waals surface area contributed by atoms with Crippen molar-refractivity contribution in [3.05, 3.63) is 99.0 Å². The zero-order valence-electron chi connectivity index (χ0n) is 18.9. The first kappa shape index (κ1) is 23.7. The highest BCUT2D eigenvalue weighted by atomic mass is 79.9. The van der Waals surface area contributed by atoms with Gasteiger partial charge < -0.3 is 9.47 Å². The Kier molecular flexibility index (Phi) is 7.94. The molecule has 0 heterocycles. The van der Waals surface area contributed by atoms with Crippen LogP contribution in [0.5, 0.6) is 5.75 Å². The Labute approximate surface area is 208 Å². The van der Waals surface area contributed by atoms with E-state index in [4.69, 9.17) is 9.47 Å². The van der Waals surface area contributed by atoms with Crippen molar-refractivity contribution in [2.75, 3.05) is 19.0 Å². The van der Waals surface area contributed by atoms with Gasteiger partial charge in [-0.15, -0.1) is 11.8 Å². The van der Waals surface area contributed by atoms with E-state index in [-0.39, 0.29) is 12.6 Å². The molecule has 0 amide bonds. The van der Waals surface area contributed by atoms with Crippen LogP contribution >= 0.6 is 27.7 Å².